The topological polar surface area (TPSA) is 123 Å². The summed E-state index contributed by atoms with van der Waals surface area (Å²) < 4.78 is 27.6. The summed E-state index contributed by atoms with van der Waals surface area (Å²) in [5, 5.41) is 4.81. The third-order valence-corrected chi connectivity index (χ3v) is 6.26. The van der Waals surface area contributed by atoms with E-state index in [4.69, 9.17) is 33.9 Å². The van der Waals surface area contributed by atoms with Crippen LogP contribution in [0.2, 0.25) is 10.0 Å². The summed E-state index contributed by atoms with van der Waals surface area (Å²) in [7, 11) is -3.96. The lowest BCUT2D eigenvalue weighted by atomic mass is 10.1. The number of nitrogen functional groups attached to an aromatic ring is 1. The Balaban J connectivity index is 1.67. The first-order valence-electron chi connectivity index (χ1n) is 8.09. The molecule has 2 aromatic carbocycles. The summed E-state index contributed by atoms with van der Waals surface area (Å²) in [5.74, 6) is 4.41. The van der Waals surface area contributed by atoms with Crippen LogP contribution < -0.4 is 16.0 Å². The number of benzene rings is 2. The molecule has 0 aromatic heterocycles. The molecule has 8 nitrogen and oxygen atoms in total. The molecule has 1 amide bonds. The number of halogens is 2. The number of nitrogens with one attached hydrogen (secondary N) is 2. The highest BCUT2D eigenvalue weighted by atomic mass is 35.5. The van der Waals surface area contributed by atoms with E-state index in [1.54, 1.807) is 24.3 Å². The van der Waals surface area contributed by atoms with Crippen molar-refractivity contribution in [2.24, 2.45) is 11.0 Å². The number of carbonyl (C=O) groups is 1. The van der Waals surface area contributed by atoms with E-state index in [0.29, 0.717) is 22.2 Å². The molecule has 3 rings (SSSR count). The number of amides is 1. The van der Waals surface area contributed by atoms with Crippen LogP contribution in [0.4, 0.5) is 0 Å². The van der Waals surface area contributed by atoms with Crippen molar-refractivity contribution < 1.29 is 18.0 Å². The van der Waals surface area contributed by atoms with Crippen molar-refractivity contribution in [1.29, 1.82) is 0 Å². The van der Waals surface area contributed by atoms with Gasteiger partial charge in [0.1, 0.15) is 6.10 Å². The van der Waals surface area contributed by atoms with Crippen LogP contribution in [0.25, 0.3) is 0 Å². The zero-order chi connectivity index (χ0) is 20.3. The average Bonchev–Trinajstić information content (AvgIpc) is 3.17. The second kappa shape index (κ2) is 8.46. The van der Waals surface area contributed by atoms with Gasteiger partial charge in [-0.05, 0) is 24.3 Å². The summed E-state index contributed by atoms with van der Waals surface area (Å²) in [4.78, 5) is 16.9. The van der Waals surface area contributed by atoms with E-state index in [0.717, 1.165) is 5.56 Å². The number of carbonyl (C=O) groups excluding carboxylic acids is 1. The second-order valence-corrected chi connectivity index (χ2v) is 8.47. The van der Waals surface area contributed by atoms with E-state index in [1.807, 2.05) is 5.43 Å². The Morgan fingerprint density at radius 1 is 1.21 bits per heavy atom. The lowest BCUT2D eigenvalue weighted by Crippen LogP contribution is -2.35. The van der Waals surface area contributed by atoms with Crippen LogP contribution >= 0.6 is 23.2 Å². The van der Waals surface area contributed by atoms with Gasteiger partial charge in [-0.1, -0.05) is 46.6 Å². The Morgan fingerprint density at radius 3 is 2.68 bits per heavy atom. The molecule has 0 saturated carbocycles. The van der Waals surface area contributed by atoms with Crippen LogP contribution in [0, 0.1) is 0 Å². The number of hydrogen-bond donors (Lipinski definition) is 3. The van der Waals surface area contributed by atoms with Crippen LogP contribution in [0.1, 0.15) is 22.3 Å². The number of sulfonamides is 1. The zero-order valence-electron chi connectivity index (χ0n) is 14.4. The van der Waals surface area contributed by atoms with Crippen LogP contribution in [0.3, 0.4) is 0 Å². The molecule has 11 heteroatoms. The minimum Gasteiger partial charge on any atom is -0.390 e. The molecule has 0 bridgehead atoms. The van der Waals surface area contributed by atoms with Gasteiger partial charge in [0, 0.05) is 12.0 Å². The minimum atomic E-state index is -3.96. The molecule has 1 heterocycles. The van der Waals surface area contributed by atoms with Crippen molar-refractivity contribution in [3.63, 3.8) is 0 Å². The maximum absolute atomic E-state index is 12.6. The van der Waals surface area contributed by atoms with Crippen molar-refractivity contribution in [3.8, 4) is 0 Å². The van der Waals surface area contributed by atoms with Crippen molar-refractivity contribution in [1.82, 2.24) is 10.1 Å². The lowest BCUT2D eigenvalue weighted by molar-refractivity contribution is 0.0891. The molecule has 0 fully saturated rings. The average molecular weight is 443 g/mol. The molecule has 1 unspecified atom stereocenters. The minimum absolute atomic E-state index is 0.0325. The van der Waals surface area contributed by atoms with Gasteiger partial charge < -0.3 is 4.84 Å². The summed E-state index contributed by atoms with van der Waals surface area (Å²) in [5.41, 5.74) is 3.24. The Bertz CT molecular complexity index is 1040. The fraction of sp³-hybridized carbons (Fsp3) is 0.176. The van der Waals surface area contributed by atoms with Crippen LogP contribution in [-0.4, -0.2) is 32.7 Å². The number of nitrogens with two attached hydrogens (primary N) is 1. The van der Waals surface area contributed by atoms with E-state index >= 15 is 0 Å². The Hall–Kier alpha value is -2.17. The van der Waals surface area contributed by atoms with Crippen LogP contribution in [0.15, 0.2) is 52.5 Å². The van der Waals surface area contributed by atoms with E-state index in [-0.39, 0.29) is 17.0 Å². The first kappa shape index (κ1) is 20.6. The summed E-state index contributed by atoms with van der Waals surface area (Å²) in [6, 6.07) is 10.8. The third kappa shape index (κ3) is 4.45. The van der Waals surface area contributed by atoms with Gasteiger partial charge in [-0.25, -0.2) is 19.0 Å². The Labute approximate surface area is 171 Å². The van der Waals surface area contributed by atoms with Crippen molar-refractivity contribution in [2.75, 3.05) is 6.54 Å². The molecule has 1 atom stereocenters. The highest BCUT2D eigenvalue weighted by Crippen LogP contribution is 2.25. The summed E-state index contributed by atoms with van der Waals surface area (Å²) >= 11 is 11.9. The standard InChI is InChI=1S/C17H16Cl2N4O4S/c18-13-6-5-10(7-14(13)19)15-8-11(27-23-15)9-21-28(25,26)16-4-2-1-3-12(16)17(24)22-20/h1-7,11,21H,8-9,20H2,(H,22,24). The van der Waals surface area contributed by atoms with Gasteiger partial charge in [0.25, 0.3) is 5.91 Å². The summed E-state index contributed by atoms with van der Waals surface area (Å²) in [6.45, 7) is -0.0325. The monoisotopic (exact) mass is 442 g/mol. The molecule has 0 radical (unpaired) electrons. The number of hydrogen-bond acceptors (Lipinski definition) is 6. The quantitative estimate of drug-likeness (QED) is 0.358. The maximum Gasteiger partial charge on any atom is 0.266 e. The van der Waals surface area contributed by atoms with Crippen LogP contribution in [-0.2, 0) is 14.9 Å². The van der Waals surface area contributed by atoms with Crippen molar-refractivity contribution >= 4 is 44.8 Å². The summed E-state index contributed by atoms with van der Waals surface area (Å²) in [6.07, 6.45) is -0.125. The molecule has 0 saturated heterocycles. The smallest absolute Gasteiger partial charge is 0.266 e. The van der Waals surface area contributed by atoms with Gasteiger partial charge in [-0.2, -0.15) is 0 Å². The van der Waals surface area contributed by atoms with Gasteiger partial charge in [-0.3, -0.25) is 10.2 Å². The highest BCUT2D eigenvalue weighted by Gasteiger charge is 2.27. The first-order chi connectivity index (χ1) is 13.3. The molecule has 2 aromatic rings. The number of rotatable bonds is 6. The second-order valence-electron chi connectivity index (χ2n) is 5.92. The molecule has 0 spiro atoms. The fourth-order valence-electron chi connectivity index (χ4n) is 2.63. The van der Waals surface area contributed by atoms with Gasteiger partial charge >= 0.3 is 0 Å². The van der Waals surface area contributed by atoms with Crippen LogP contribution in [0.5, 0.6) is 0 Å². The van der Waals surface area contributed by atoms with Gasteiger partial charge in [0.05, 0.1) is 32.8 Å². The molecule has 0 aliphatic carbocycles. The SMILES string of the molecule is NNC(=O)c1ccccc1S(=O)(=O)NCC1CC(c2ccc(Cl)c(Cl)c2)=NO1. The van der Waals surface area contributed by atoms with E-state index in [9.17, 15) is 13.2 Å². The van der Waals surface area contributed by atoms with Gasteiger partial charge in [0.2, 0.25) is 10.0 Å². The maximum atomic E-state index is 12.6. The van der Waals surface area contributed by atoms with E-state index in [2.05, 4.69) is 9.88 Å². The molecular weight excluding hydrogens is 427 g/mol. The molecule has 28 heavy (non-hydrogen) atoms. The first-order valence-corrected chi connectivity index (χ1v) is 10.3. The third-order valence-electron chi connectivity index (χ3n) is 4.04. The van der Waals surface area contributed by atoms with E-state index < -0.39 is 22.0 Å². The lowest BCUT2D eigenvalue weighted by Gasteiger charge is -2.13. The number of oxime groups is 1. The van der Waals surface area contributed by atoms with Gasteiger partial charge in [0.15, 0.2) is 0 Å². The molecule has 4 N–H and O–H groups in total. The predicted molar refractivity (Wildman–Crippen MR) is 106 cm³/mol. The van der Waals surface area contributed by atoms with Crippen molar-refractivity contribution in [3.05, 3.63) is 63.6 Å². The molecule has 1 aliphatic rings. The largest absolute Gasteiger partial charge is 0.390 e. The van der Waals surface area contributed by atoms with E-state index in [1.165, 1.54) is 18.2 Å². The zero-order valence-corrected chi connectivity index (χ0v) is 16.7. The number of hydrazine groups is 1. The normalized spacial score (nSPS) is 16.4. The fourth-order valence-corrected chi connectivity index (χ4v) is 4.20. The predicted octanol–water partition coefficient (Wildman–Crippen LogP) is 2.07. The Kier molecular flexibility index (Phi) is 6.21. The molecule has 148 valence electrons. The molecule has 1 aliphatic heterocycles. The Morgan fingerprint density at radius 2 is 1.96 bits per heavy atom. The van der Waals surface area contributed by atoms with Gasteiger partial charge in [-0.15, -0.1) is 0 Å². The number of nitrogens with zero attached hydrogens (tertiary/aromatic N) is 1. The molecular formula is C17H16Cl2N4O4S. The highest BCUT2D eigenvalue weighted by molar-refractivity contribution is 7.89. The van der Waals surface area contributed by atoms with Crippen molar-refractivity contribution in [2.45, 2.75) is 17.4 Å².